The molecule has 0 unspecified atom stereocenters. The number of rotatable bonds is 4. The van der Waals surface area contributed by atoms with Crippen LogP contribution in [-0.2, 0) is 23.3 Å². The van der Waals surface area contributed by atoms with Crippen molar-refractivity contribution in [3.8, 4) is 22.3 Å². The van der Waals surface area contributed by atoms with Crippen molar-refractivity contribution in [3.05, 3.63) is 166 Å². The molecule has 0 N–H and O–H groups in total. The molecule has 0 bridgehead atoms. The van der Waals surface area contributed by atoms with E-state index in [1.807, 2.05) is 6.55 Å². The van der Waals surface area contributed by atoms with Crippen LogP contribution in [0.15, 0.2) is 145 Å². The summed E-state index contributed by atoms with van der Waals surface area (Å²) in [5, 5.41) is 10.1. The maximum atomic E-state index is 11.4. The van der Waals surface area contributed by atoms with E-state index < -0.39 is 18.0 Å². The van der Waals surface area contributed by atoms with Crippen LogP contribution >= 0.6 is 0 Å². The maximum absolute atomic E-state index is 11.4. The Kier molecular flexibility index (Phi) is 16.4. The molecule has 0 saturated heterocycles. The van der Waals surface area contributed by atoms with Gasteiger partial charge in [-0.1, -0.05) is 162 Å². The molecule has 2 aliphatic rings. The van der Waals surface area contributed by atoms with E-state index in [-0.39, 0.29) is 35.6 Å². The molecule has 0 aliphatic heterocycles. The van der Waals surface area contributed by atoms with Crippen LogP contribution in [0, 0.1) is 10.8 Å². The number of hydrogen-bond acceptors (Lipinski definition) is 0. The molecule has 0 radical (unpaired) electrons. The first-order valence-electron chi connectivity index (χ1n) is 19.5. The Hall–Kier alpha value is -3.73. The molecule has 0 nitrogen and oxygen atoms in total. The fourth-order valence-corrected chi connectivity index (χ4v) is 8.74. The largest absolute Gasteiger partial charge is 1.00 e. The van der Waals surface area contributed by atoms with Gasteiger partial charge in [0, 0.05) is 0 Å². The Morgan fingerprint density at radius 2 is 0.881 bits per heavy atom. The normalized spacial score (nSPS) is 14.2. The molecule has 0 fully saturated rings. The maximum Gasteiger partial charge on any atom is -1.00 e. The number of alkyl halides is 3. The van der Waals surface area contributed by atoms with Gasteiger partial charge in [-0.25, -0.2) is 0 Å². The van der Waals surface area contributed by atoms with Gasteiger partial charge in [0.2, 0.25) is 0 Å². The van der Waals surface area contributed by atoms with E-state index in [9.17, 15) is 13.2 Å². The molecule has 0 saturated carbocycles. The summed E-state index contributed by atoms with van der Waals surface area (Å²) in [6.07, 6.45) is 11.7. The quantitative estimate of drug-likeness (QED) is 0.151. The molecule has 2 aliphatic carbocycles. The SMILES string of the molecule is CC(C)(C)C=C1[C-]=c2cccc(-c3cccc4ccccc34)c2=C1.CC(C)(C)C=C1[C-]=c2cccc(-c3cccc4ccccc34)c2=C1.C[Si](=[Zr+2])CCC(F)(F)F.[Cl-].[Cl-]. The molecule has 302 valence electrons. The van der Waals surface area contributed by atoms with Crippen molar-refractivity contribution in [1.82, 2.24) is 0 Å². The molecule has 0 aromatic heterocycles. The zero-order chi connectivity index (χ0) is 41.0. The van der Waals surface area contributed by atoms with Gasteiger partial charge in [0.25, 0.3) is 0 Å². The van der Waals surface area contributed by atoms with Crippen LogP contribution in [0.25, 0.3) is 68.1 Å². The third kappa shape index (κ3) is 13.1. The van der Waals surface area contributed by atoms with Crippen LogP contribution in [0.3, 0.4) is 0 Å². The van der Waals surface area contributed by atoms with E-state index in [1.165, 1.54) is 99.2 Å². The number of fused-ring (bicyclic) bond motifs is 4. The van der Waals surface area contributed by atoms with Crippen molar-refractivity contribution in [2.24, 2.45) is 10.8 Å². The Bertz CT molecular complexity index is 2600. The predicted octanol–water partition coefficient (Wildman–Crippen LogP) is 5.98. The minimum atomic E-state index is -3.93. The summed E-state index contributed by atoms with van der Waals surface area (Å²) in [7, 11) is 0. The van der Waals surface area contributed by atoms with Crippen molar-refractivity contribution >= 4 is 51.3 Å². The number of halogens is 5. The van der Waals surface area contributed by atoms with E-state index in [0.717, 1.165) is 0 Å². The molecule has 7 heteroatoms. The summed E-state index contributed by atoms with van der Waals surface area (Å²) in [5.74, 6) is 0. The summed E-state index contributed by atoms with van der Waals surface area (Å²) in [6.45, 7) is 15.3. The van der Waals surface area contributed by atoms with Crippen LogP contribution in [0.4, 0.5) is 13.2 Å². The summed E-state index contributed by atoms with van der Waals surface area (Å²) in [4.78, 5) is 0. The van der Waals surface area contributed by atoms with Crippen LogP contribution in [-0.4, -0.2) is 11.6 Å². The van der Waals surface area contributed by atoms with Gasteiger partial charge in [-0.2, -0.15) is 0 Å². The van der Waals surface area contributed by atoms with E-state index in [0.29, 0.717) is 6.04 Å². The van der Waals surface area contributed by atoms with Gasteiger partial charge in [-0.3, -0.25) is 0 Å². The molecule has 59 heavy (non-hydrogen) atoms. The van der Waals surface area contributed by atoms with Crippen molar-refractivity contribution in [3.63, 3.8) is 0 Å². The van der Waals surface area contributed by atoms with Crippen molar-refractivity contribution in [2.75, 3.05) is 0 Å². The fourth-order valence-electron chi connectivity index (χ4n) is 7.16. The second kappa shape index (κ2) is 20.2. The summed E-state index contributed by atoms with van der Waals surface area (Å²) in [6, 6.07) is 43.7. The van der Waals surface area contributed by atoms with E-state index in [1.54, 1.807) is 0 Å². The number of hydrogen-bond donors (Lipinski definition) is 0. The first-order valence-corrected chi connectivity index (χ1v) is 25.4. The van der Waals surface area contributed by atoms with Crippen LogP contribution < -0.4 is 45.7 Å². The Balaban J connectivity index is 0.000000211. The number of benzene rings is 6. The molecule has 6 aromatic carbocycles. The standard InChI is InChI=1S/2C24H21.C4H7F3Si.2ClH.Zr/c2*1-24(2,3)16-17-14-19-10-7-13-22(23(19)15-17)21-12-6-9-18-8-4-5-11-20(18)21;1-8-3-2-4(5,6)7;;;/h2*4-13,15-16H,1-3H3;2-3H2,1H3;2*1H;/q2*-1;;;;+2/p-2. The van der Waals surface area contributed by atoms with E-state index in [4.69, 9.17) is 0 Å². The van der Waals surface area contributed by atoms with Gasteiger partial charge in [-0.05, 0) is 43.5 Å². The third-order valence-electron chi connectivity index (χ3n) is 9.49. The third-order valence-corrected chi connectivity index (χ3v) is 12.3. The van der Waals surface area contributed by atoms with E-state index in [2.05, 4.69) is 199 Å². The zero-order valence-corrected chi connectivity index (χ0v) is 39.6. The van der Waals surface area contributed by atoms with Crippen LogP contribution in [0.2, 0.25) is 12.6 Å². The van der Waals surface area contributed by atoms with Crippen molar-refractivity contribution in [1.29, 1.82) is 0 Å². The minimum Gasteiger partial charge on any atom is -1.00 e. The topological polar surface area (TPSA) is 0 Å². The molecular formula is C52H49Cl2F3SiZr-2. The van der Waals surface area contributed by atoms with Gasteiger partial charge in [-0.15, -0.1) is 80.6 Å². The van der Waals surface area contributed by atoms with Crippen molar-refractivity contribution < 1.29 is 61.3 Å². The first kappa shape index (κ1) is 47.9. The van der Waals surface area contributed by atoms with Crippen molar-refractivity contribution in [2.45, 2.75) is 66.7 Å². The summed E-state index contributed by atoms with van der Waals surface area (Å²) < 4.78 is 34.3. The molecule has 0 atom stereocenters. The molecule has 0 heterocycles. The summed E-state index contributed by atoms with van der Waals surface area (Å²) >= 11 is 1.29. The molecule has 0 spiro atoms. The Morgan fingerprint density at radius 1 is 0.525 bits per heavy atom. The molecule has 0 amide bonds. The van der Waals surface area contributed by atoms with Gasteiger partial charge in [0.1, 0.15) is 0 Å². The first-order chi connectivity index (χ1) is 26.9. The minimum absolute atomic E-state index is 0. The molecule has 8 rings (SSSR count). The van der Waals surface area contributed by atoms with Crippen LogP contribution in [0.1, 0.15) is 48.0 Å². The smallest absolute Gasteiger partial charge is 1.00 e. The number of allylic oxidation sites excluding steroid dienone is 4. The van der Waals surface area contributed by atoms with Gasteiger partial charge >= 0.3 is 67.1 Å². The Labute approximate surface area is 375 Å². The molecular weight excluding hydrogens is 872 g/mol. The zero-order valence-electron chi connectivity index (χ0n) is 34.7. The fraction of sp³-hybridized carbons (Fsp3) is 0.231. The average molecular weight is 921 g/mol. The summed E-state index contributed by atoms with van der Waals surface area (Å²) in [5.41, 5.74) is 7.24. The van der Waals surface area contributed by atoms with Crippen LogP contribution in [0.5, 0.6) is 0 Å². The van der Waals surface area contributed by atoms with Gasteiger partial charge in [0.05, 0.1) is 0 Å². The van der Waals surface area contributed by atoms with Gasteiger partial charge < -0.3 is 24.8 Å². The van der Waals surface area contributed by atoms with E-state index >= 15 is 0 Å². The predicted molar refractivity (Wildman–Crippen MR) is 235 cm³/mol. The second-order valence-corrected chi connectivity index (χ2v) is 25.3. The Morgan fingerprint density at radius 3 is 1.24 bits per heavy atom. The second-order valence-electron chi connectivity index (χ2n) is 17.0. The monoisotopic (exact) mass is 918 g/mol. The van der Waals surface area contributed by atoms with Gasteiger partial charge in [0.15, 0.2) is 0 Å². The molecule has 6 aromatic rings. The average Bonchev–Trinajstić information content (AvgIpc) is 3.75.